The van der Waals surface area contributed by atoms with E-state index < -0.39 is 0 Å². The van der Waals surface area contributed by atoms with Crippen LogP contribution in [0.1, 0.15) is 18.1 Å². The molecule has 0 aromatic heterocycles. The Kier molecular flexibility index (Phi) is 7.92. The molecule has 0 aliphatic carbocycles. The van der Waals surface area contributed by atoms with Crippen LogP contribution >= 0.6 is 0 Å². The molecule has 1 N–H and O–H groups in total. The van der Waals surface area contributed by atoms with Gasteiger partial charge in [-0.3, -0.25) is 0 Å². The van der Waals surface area contributed by atoms with Gasteiger partial charge in [0, 0.05) is 20.1 Å². The van der Waals surface area contributed by atoms with Gasteiger partial charge in [-0.1, -0.05) is 12.1 Å². The monoisotopic (exact) mass is 389 g/mol. The number of methoxy groups -OCH3 is 3. The molecule has 0 heterocycles. The van der Waals surface area contributed by atoms with Gasteiger partial charge in [0.1, 0.15) is 5.82 Å². The Bertz CT molecular complexity index is 786. The first kappa shape index (κ1) is 21.3. The Balaban J connectivity index is 2.22. The summed E-state index contributed by atoms with van der Waals surface area (Å²) in [5.41, 5.74) is 1.80. The van der Waals surface area contributed by atoms with E-state index in [1.165, 1.54) is 12.1 Å². The third-order valence-corrected chi connectivity index (χ3v) is 4.14. The zero-order chi connectivity index (χ0) is 20.5. The zero-order valence-corrected chi connectivity index (χ0v) is 17.1. The van der Waals surface area contributed by atoms with Crippen LogP contribution in [0.2, 0.25) is 0 Å². The van der Waals surface area contributed by atoms with Crippen molar-refractivity contribution >= 4 is 5.96 Å². The molecule has 0 amide bonds. The van der Waals surface area contributed by atoms with Crippen LogP contribution in [0.25, 0.3) is 0 Å². The molecule has 0 radical (unpaired) electrons. The summed E-state index contributed by atoms with van der Waals surface area (Å²) in [6.45, 7) is 3.69. The van der Waals surface area contributed by atoms with E-state index in [9.17, 15) is 4.39 Å². The third kappa shape index (κ3) is 5.52. The second-order valence-corrected chi connectivity index (χ2v) is 6.19. The number of hydrogen-bond donors (Lipinski definition) is 1. The summed E-state index contributed by atoms with van der Waals surface area (Å²) in [5, 5.41) is 3.26. The summed E-state index contributed by atoms with van der Waals surface area (Å²) in [6, 6.07) is 10.3. The molecule has 6 nitrogen and oxygen atoms in total. The van der Waals surface area contributed by atoms with Crippen molar-refractivity contribution in [3.05, 3.63) is 53.3 Å². The molecule has 2 rings (SSSR count). The molecule has 0 spiro atoms. The topological polar surface area (TPSA) is 55.3 Å². The lowest BCUT2D eigenvalue weighted by atomic mass is 10.2. The lowest BCUT2D eigenvalue weighted by Crippen LogP contribution is -2.38. The van der Waals surface area contributed by atoms with Gasteiger partial charge in [0.25, 0.3) is 0 Å². The van der Waals surface area contributed by atoms with Crippen molar-refractivity contribution in [2.45, 2.75) is 20.0 Å². The Morgan fingerprint density at radius 1 is 1.04 bits per heavy atom. The molecule has 0 saturated carbocycles. The van der Waals surface area contributed by atoms with Gasteiger partial charge in [-0.05, 0) is 42.3 Å². The van der Waals surface area contributed by atoms with E-state index in [-0.39, 0.29) is 5.82 Å². The fraction of sp³-hybridized carbons (Fsp3) is 0.381. The molecule has 7 heteroatoms. The highest BCUT2D eigenvalue weighted by atomic mass is 19.1. The third-order valence-electron chi connectivity index (χ3n) is 4.14. The smallest absolute Gasteiger partial charge is 0.203 e. The Morgan fingerprint density at radius 3 is 2.25 bits per heavy atom. The van der Waals surface area contributed by atoms with E-state index in [0.717, 1.165) is 23.6 Å². The van der Waals surface area contributed by atoms with Crippen molar-refractivity contribution in [2.24, 2.45) is 4.99 Å². The lowest BCUT2D eigenvalue weighted by molar-refractivity contribution is 0.324. The molecule has 0 saturated heterocycles. The van der Waals surface area contributed by atoms with E-state index >= 15 is 0 Å². The summed E-state index contributed by atoms with van der Waals surface area (Å²) in [5.74, 6) is 2.20. The van der Waals surface area contributed by atoms with Crippen LogP contribution in [0.3, 0.4) is 0 Å². The summed E-state index contributed by atoms with van der Waals surface area (Å²) in [4.78, 5) is 6.65. The van der Waals surface area contributed by atoms with Crippen molar-refractivity contribution in [3.8, 4) is 17.2 Å². The SMILES string of the molecule is CCNC(=NCc1cc(OC)c(OC)c(OC)c1)N(C)Cc1cccc(F)c1. The minimum Gasteiger partial charge on any atom is -0.493 e. The molecular weight excluding hydrogens is 361 g/mol. The molecule has 0 unspecified atom stereocenters. The Labute approximate surface area is 165 Å². The highest BCUT2D eigenvalue weighted by Gasteiger charge is 2.13. The Morgan fingerprint density at radius 2 is 1.71 bits per heavy atom. The van der Waals surface area contributed by atoms with E-state index in [0.29, 0.717) is 30.3 Å². The predicted octanol–water partition coefficient (Wildman–Crippen LogP) is 3.45. The van der Waals surface area contributed by atoms with Crippen molar-refractivity contribution < 1.29 is 18.6 Å². The van der Waals surface area contributed by atoms with Gasteiger partial charge in [0.2, 0.25) is 5.75 Å². The van der Waals surface area contributed by atoms with Gasteiger partial charge < -0.3 is 24.4 Å². The van der Waals surface area contributed by atoms with Crippen molar-refractivity contribution in [1.29, 1.82) is 0 Å². The molecule has 0 bridgehead atoms. The second-order valence-electron chi connectivity index (χ2n) is 6.19. The Hall–Kier alpha value is -2.96. The maximum atomic E-state index is 13.4. The van der Waals surface area contributed by atoms with Gasteiger partial charge >= 0.3 is 0 Å². The summed E-state index contributed by atoms with van der Waals surface area (Å²) < 4.78 is 29.6. The van der Waals surface area contributed by atoms with Crippen LogP contribution in [-0.2, 0) is 13.1 Å². The van der Waals surface area contributed by atoms with Crippen molar-refractivity contribution in [1.82, 2.24) is 10.2 Å². The first-order valence-corrected chi connectivity index (χ1v) is 9.05. The second kappa shape index (κ2) is 10.4. The number of hydrogen-bond acceptors (Lipinski definition) is 4. The average molecular weight is 389 g/mol. The van der Waals surface area contributed by atoms with E-state index in [2.05, 4.69) is 5.32 Å². The van der Waals surface area contributed by atoms with Crippen LogP contribution in [0.5, 0.6) is 17.2 Å². The van der Waals surface area contributed by atoms with Gasteiger partial charge in [0.15, 0.2) is 17.5 Å². The standard InChI is InChI=1S/C21H28FN3O3/c1-6-23-21(25(2)14-15-8-7-9-17(22)10-15)24-13-16-11-18(26-3)20(28-5)19(12-16)27-4/h7-12H,6,13-14H2,1-5H3,(H,23,24). The number of rotatable bonds is 8. The first-order chi connectivity index (χ1) is 13.5. The molecule has 0 atom stereocenters. The molecular formula is C21H28FN3O3. The largest absolute Gasteiger partial charge is 0.493 e. The molecule has 0 aliphatic rings. The number of aliphatic imine (C=N–C) groups is 1. The number of guanidine groups is 1. The number of halogens is 1. The zero-order valence-electron chi connectivity index (χ0n) is 17.1. The molecule has 28 heavy (non-hydrogen) atoms. The molecule has 0 aliphatic heterocycles. The van der Waals surface area contributed by atoms with Crippen molar-refractivity contribution in [2.75, 3.05) is 34.9 Å². The first-order valence-electron chi connectivity index (χ1n) is 9.05. The van der Waals surface area contributed by atoms with Crippen LogP contribution < -0.4 is 19.5 Å². The molecule has 2 aromatic rings. The van der Waals surface area contributed by atoms with Crippen LogP contribution in [0, 0.1) is 5.82 Å². The quantitative estimate of drug-likeness (QED) is 0.554. The van der Waals surface area contributed by atoms with Gasteiger partial charge in [-0.2, -0.15) is 0 Å². The molecule has 0 fully saturated rings. The lowest BCUT2D eigenvalue weighted by Gasteiger charge is -2.22. The summed E-state index contributed by atoms with van der Waals surface area (Å²) >= 11 is 0. The molecule has 2 aromatic carbocycles. The normalized spacial score (nSPS) is 11.1. The van der Waals surface area contributed by atoms with E-state index in [4.69, 9.17) is 19.2 Å². The maximum Gasteiger partial charge on any atom is 0.203 e. The van der Waals surface area contributed by atoms with Crippen LogP contribution in [-0.4, -0.2) is 45.8 Å². The fourth-order valence-electron chi connectivity index (χ4n) is 2.85. The number of benzene rings is 2. The summed E-state index contributed by atoms with van der Waals surface area (Å²) in [6.07, 6.45) is 0. The predicted molar refractivity (Wildman–Crippen MR) is 109 cm³/mol. The van der Waals surface area contributed by atoms with Crippen LogP contribution in [0.4, 0.5) is 4.39 Å². The highest BCUT2D eigenvalue weighted by molar-refractivity contribution is 5.79. The number of nitrogens with one attached hydrogen (secondary N) is 1. The van der Waals surface area contributed by atoms with Crippen LogP contribution in [0.15, 0.2) is 41.4 Å². The van der Waals surface area contributed by atoms with Crippen molar-refractivity contribution in [3.63, 3.8) is 0 Å². The van der Waals surface area contributed by atoms with E-state index in [1.54, 1.807) is 27.4 Å². The average Bonchev–Trinajstić information content (AvgIpc) is 2.70. The minimum atomic E-state index is -0.245. The van der Waals surface area contributed by atoms with Gasteiger partial charge in [-0.15, -0.1) is 0 Å². The van der Waals surface area contributed by atoms with E-state index in [1.807, 2.05) is 37.1 Å². The maximum absolute atomic E-state index is 13.4. The minimum absolute atomic E-state index is 0.245. The summed E-state index contributed by atoms with van der Waals surface area (Å²) in [7, 11) is 6.66. The number of ether oxygens (including phenoxy) is 3. The highest BCUT2D eigenvalue weighted by Crippen LogP contribution is 2.38. The van der Waals surface area contributed by atoms with Gasteiger partial charge in [0.05, 0.1) is 27.9 Å². The number of nitrogens with zero attached hydrogens (tertiary/aromatic N) is 2. The fourth-order valence-corrected chi connectivity index (χ4v) is 2.85. The molecule has 152 valence electrons. The van der Waals surface area contributed by atoms with Gasteiger partial charge in [-0.25, -0.2) is 9.38 Å².